The van der Waals surface area contributed by atoms with E-state index in [1.807, 2.05) is 0 Å². The van der Waals surface area contributed by atoms with Crippen molar-refractivity contribution in [2.45, 2.75) is 45.6 Å². The molecule has 0 saturated carbocycles. The van der Waals surface area contributed by atoms with Crippen LogP contribution in [0.25, 0.3) is 0 Å². The van der Waals surface area contributed by atoms with Gasteiger partial charge in [0.1, 0.15) is 11.6 Å². The Balaban J connectivity index is 0. The van der Waals surface area contributed by atoms with Crippen LogP contribution in [0.3, 0.4) is 0 Å². The standard InChI is InChI=1S/C13H17FO4S.2CH4/c1-10(15)8-12(18-2)6-7-19(16,17)13-5-3-4-11(14)9-13;;/h3-5,9,12H,6-8H2,1-2H3;2*1H4. The third-order valence-corrected chi connectivity index (χ3v) is 4.46. The molecule has 0 bridgehead atoms. The molecule has 0 aromatic heterocycles. The first-order valence-electron chi connectivity index (χ1n) is 5.85. The van der Waals surface area contributed by atoms with Crippen molar-refractivity contribution in [3.05, 3.63) is 30.1 Å². The summed E-state index contributed by atoms with van der Waals surface area (Å²) in [5, 5.41) is 0. The monoisotopic (exact) mass is 320 g/mol. The fraction of sp³-hybridized carbons (Fsp3) is 0.533. The highest BCUT2D eigenvalue weighted by Gasteiger charge is 2.19. The van der Waals surface area contributed by atoms with E-state index in [1.54, 1.807) is 0 Å². The zero-order chi connectivity index (χ0) is 14.5. The summed E-state index contributed by atoms with van der Waals surface area (Å²) in [5.41, 5.74) is 0. The van der Waals surface area contributed by atoms with Gasteiger partial charge in [-0.1, -0.05) is 20.9 Å². The molecular formula is C15H25FO4S. The average molecular weight is 320 g/mol. The molecule has 0 aliphatic heterocycles. The van der Waals surface area contributed by atoms with Crippen LogP contribution in [-0.2, 0) is 19.4 Å². The molecule has 1 unspecified atom stereocenters. The van der Waals surface area contributed by atoms with Gasteiger partial charge in [-0.3, -0.25) is 4.79 Å². The summed E-state index contributed by atoms with van der Waals surface area (Å²) in [6, 6.07) is 4.88. The van der Waals surface area contributed by atoms with Gasteiger partial charge < -0.3 is 4.74 Å². The lowest BCUT2D eigenvalue weighted by molar-refractivity contribution is -0.119. The molecule has 0 aliphatic carbocycles. The smallest absolute Gasteiger partial charge is 0.178 e. The molecule has 21 heavy (non-hydrogen) atoms. The van der Waals surface area contributed by atoms with Crippen molar-refractivity contribution in [3.8, 4) is 0 Å². The summed E-state index contributed by atoms with van der Waals surface area (Å²) in [6.07, 6.45) is -0.0507. The van der Waals surface area contributed by atoms with E-state index in [4.69, 9.17) is 4.74 Å². The van der Waals surface area contributed by atoms with Crippen LogP contribution < -0.4 is 0 Å². The number of carbonyl (C=O) groups excluding carboxylic acids is 1. The number of sulfone groups is 1. The molecular weight excluding hydrogens is 295 g/mol. The van der Waals surface area contributed by atoms with Crippen molar-refractivity contribution in [1.29, 1.82) is 0 Å². The number of ketones is 1. The fourth-order valence-corrected chi connectivity index (χ4v) is 3.08. The molecule has 0 heterocycles. The number of ether oxygens (including phenoxy) is 1. The Morgan fingerprint density at radius 1 is 1.33 bits per heavy atom. The Morgan fingerprint density at radius 3 is 2.43 bits per heavy atom. The maximum Gasteiger partial charge on any atom is 0.178 e. The largest absolute Gasteiger partial charge is 0.381 e. The van der Waals surface area contributed by atoms with Gasteiger partial charge in [0.2, 0.25) is 0 Å². The maximum atomic E-state index is 13.0. The van der Waals surface area contributed by atoms with Crippen molar-refractivity contribution in [2.24, 2.45) is 0 Å². The number of Topliss-reactive ketones (excluding diaryl/α,β-unsaturated/α-hetero) is 1. The van der Waals surface area contributed by atoms with Crippen LogP contribution in [0.4, 0.5) is 4.39 Å². The topological polar surface area (TPSA) is 60.4 Å². The molecule has 122 valence electrons. The quantitative estimate of drug-likeness (QED) is 0.773. The second-order valence-corrected chi connectivity index (χ2v) is 6.44. The number of carbonyl (C=O) groups is 1. The second-order valence-electron chi connectivity index (χ2n) is 4.33. The lowest BCUT2D eigenvalue weighted by Gasteiger charge is -2.13. The molecule has 0 saturated heterocycles. The van der Waals surface area contributed by atoms with Crippen molar-refractivity contribution >= 4 is 15.6 Å². The third-order valence-electron chi connectivity index (χ3n) is 2.71. The van der Waals surface area contributed by atoms with Gasteiger partial charge in [-0.05, 0) is 31.5 Å². The molecule has 0 amide bonds. The molecule has 4 nitrogen and oxygen atoms in total. The maximum absolute atomic E-state index is 13.0. The van der Waals surface area contributed by atoms with E-state index in [1.165, 1.54) is 32.2 Å². The summed E-state index contributed by atoms with van der Waals surface area (Å²) >= 11 is 0. The lowest BCUT2D eigenvalue weighted by Crippen LogP contribution is -2.19. The summed E-state index contributed by atoms with van der Waals surface area (Å²) in [5.74, 6) is -0.828. The molecule has 0 radical (unpaired) electrons. The molecule has 1 rings (SSSR count). The first-order valence-corrected chi connectivity index (χ1v) is 7.51. The Hall–Kier alpha value is -1.27. The number of halogens is 1. The molecule has 1 aromatic carbocycles. The Morgan fingerprint density at radius 2 is 1.95 bits per heavy atom. The van der Waals surface area contributed by atoms with Crippen LogP contribution in [-0.4, -0.2) is 33.2 Å². The van der Waals surface area contributed by atoms with Crippen molar-refractivity contribution in [3.63, 3.8) is 0 Å². The number of rotatable bonds is 7. The molecule has 0 fully saturated rings. The van der Waals surface area contributed by atoms with Crippen LogP contribution in [0.1, 0.15) is 34.6 Å². The van der Waals surface area contributed by atoms with E-state index in [2.05, 4.69) is 0 Å². The van der Waals surface area contributed by atoms with E-state index >= 15 is 0 Å². The highest BCUT2D eigenvalue weighted by Crippen LogP contribution is 2.15. The number of hydrogen-bond acceptors (Lipinski definition) is 4. The normalized spacial score (nSPS) is 12.0. The average Bonchev–Trinajstić information content (AvgIpc) is 2.34. The molecule has 0 N–H and O–H groups in total. The fourth-order valence-electron chi connectivity index (χ4n) is 1.69. The van der Waals surface area contributed by atoms with Crippen molar-refractivity contribution < 1.29 is 22.3 Å². The van der Waals surface area contributed by atoms with Crippen molar-refractivity contribution in [2.75, 3.05) is 12.9 Å². The summed E-state index contributed by atoms with van der Waals surface area (Å²) in [6.45, 7) is 1.42. The minimum Gasteiger partial charge on any atom is -0.381 e. The van der Waals surface area contributed by atoms with E-state index in [0.29, 0.717) is 0 Å². The highest BCUT2D eigenvalue weighted by molar-refractivity contribution is 7.91. The van der Waals surface area contributed by atoms with Gasteiger partial charge in [0.15, 0.2) is 9.84 Å². The van der Waals surface area contributed by atoms with Gasteiger partial charge in [0, 0.05) is 13.5 Å². The third kappa shape index (κ3) is 7.34. The van der Waals surface area contributed by atoms with E-state index in [9.17, 15) is 17.6 Å². The summed E-state index contributed by atoms with van der Waals surface area (Å²) < 4.78 is 42.0. The van der Waals surface area contributed by atoms with Gasteiger partial charge in [0.25, 0.3) is 0 Å². The molecule has 0 aliphatic rings. The first kappa shape index (κ1) is 22.0. The van der Waals surface area contributed by atoms with Crippen LogP contribution in [0.15, 0.2) is 29.2 Å². The Labute approximate surface area is 127 Å². The minimum absolute atomic E-state index is 0. The Bertz CT molecular complexity index is 540. The van der Waals surface area contributed by atoms with Gasteiger partial charge in [0.05, 0.1) is 16.8 Å². The van der Waals surface area contributed by atoms with Gasteiger partial charge in [-0.25, -0.2) is 12.8 Å². The second kappa shape index (κ2) is 9.63. The van der Waals surface area contributed by atoms with E-state index < -0.39 is 21.8 Å². The van der Waals surface area contributed by atoms with Gasteiger partial charge >= 0.3 is 0 Å². The zero-order valence-electron chi connectivity index (χ0n) is 10.9. The lowest BCUT2D eigenvalue weighted by atomic mass is 10.1. The molecule has 1 atom stereocenters. The Kier molecular flexibility index (Phi) is 10.1. The van der Waals surface area contributed by atoms with Gasteiger partial charge in [-0.15, -0.1) is 0 Å². The number of benzene rings is 1. The number of methoxy groups -OCH3 is 1. The van der Waals surface area contributed by atoms with E-state index in [0.717, 1.165) is 6.07 Å². The predicted octanol–water partition coefficient (Wildman–Crippen LogP) is 3.26. The highest BCUT2D eigenvalue weighted by atomic mass is 32.2. The van der Waals surface area contributed by atoms with E-state index in [-0.39, 0.29) is 44.1 Å². The predicted molar refractivity (Wildman–Crippen MR) is 82.6 cm³/mol. The van der Waals surface area contributed by atoms with Gasteiger partial charge in [-0.2, -0.15) is 0 Å². The number of hydrogen-bond donors (Lipinski definition) is 0. The van der Waals surface area contributed by atoms with Crippen LogP contribution in [0.2, 0.25) is 0 Å². The van der Waals surface area contributed by atoms with Crippen LogP contribution >= 0.6 is 0 Å². The molecule has 6 heteroatoms. The van der Waals surface area contributed by atoms with Crippen LogP contribution in [0.5, 0.6) is 0 Å². The summed E-state index contributed by atoms with van der Waals surface area (Å²) in [7, 11) is -2.12. The zero-order valence-corrected chi connectivity index (χ0v) is 11.7. The SMILES string of the molecule is C.C.COC(CCS(=O)(=O)c1cccc(F)c1)CC(C)=O. The van der Waals surface area contributed by atoms with Crippen molar-refractivity contribution in [1.82, 2.24) is 0 Å². The minimum atomic E-state index is -3.56. The summed E-state index contributed by atoms with van der Waals surface area (Å²) in [4.78, 5) is 10.9. The molecule has 0 spiro atoms. The molecule has 1 aromatic rings. The first-order chi connectivity index (χ1) is 8.85. The van der Waals surface area contributed by atoms with Crippen LogP contribution in [0, 0.1) is 5.82 Å².